The van der Waals surface area contributed by atoms with Crippen LogP contribution in [0.5, 0.6) is 5.75 Å². The van der Waals surface area contributed by atoms with Crippen molar-refractivity contribution in [2.24, 2.45) is 0 Å². The van der Waals surface area contributed by atoms with Crippen LogP contribution in [0.1, 0.15) is 96.3 Å². The molecule has 0 aliphatic carbocycles. The van der Waals surface area contributed by atoms with Crippen molar-refractivity contribution >= 4 is 12.2 Å². The third kappa shape index (κ3) is 9.18. The van der Waals surface area contributed by atoms with Gasteiger partial charge in [0.15, 0.2) is 0 Å². The van der Waals surface area contributed by atoms with E-state index in [1.54, 1.807) is 4.57 Å². The third-order valence-corrected chi connectivity index (χ3v) is 6.29. The Bertz CT molecular complexity index is 1250. The van der Waals surface area contributed by atoms with Gasteiger partial charge in [0.05, 0.1) is 11.7 Å². The molecule has 1 N–H and O–H groups in total. The Labute approximate surface area is 238 Å². The summed E-state index contributed by atoms with van der Waals surface area (Å²) in [5.74, 6) is 0.866. The average molecular weight is 549 g/mol. The molecule has 0 unspecified atom stereocenters. The Kier molecular flexibility index (Phi) is 10.1. The smallest absolute Gasteiger partial charge is 0.419 e. The van der Waals surface area contributed by atoms with Gasteiger partial charge in [-0.25, -0.2) is 9.59 Å². The maximum absolute atomic E-state index is 13.5. The largest absolute Gasteiger partial charge is 0.489 e. The second-order valence-electron chi connectivity index (χ2n) is 12.1. The summed E-state index contributed by atoms with van der Waals surface area (Å²) in [6.07, 6.45) is 0.261. The molecular formula is C33H44N2O5. The number of benzene rings is 2. The molecule has 3 aromatic rings. The van der Waals surface area contributed by atoms with Crippen LogP contribution in [0.25, 0.3) is 0 Å². The van der Waals surface area contributed by atoms with Gasteiger partial charge in [-0.05, 0) is 95.7 Å². The van der Waals surface area contributed by atoms with Crippen molar-refractivity contribution in [3.05, 3.63) is 89.2 Å². The predicted molar refractivity (Wildman–Crippen MR) is 158 cm³/mol. The quantitative estimate of drug-likeness (QED) is 0.292. The van der Waals surface area contributed by atoms with E-state index in [0.29, 0.717) is 18.7 Å². The van der Waals surface area contributed by atoms with Crippen LogP contribution < -0.4 is 10.1 Å². The highest BCUT2D eigenvalue weighted by Crippen LogP contribution is 2.29. The summed E-state index contributed by atoms with van der Waals surface area (Å²) < 4.78 is 18.9. The van der Waals surface area contributed by atoms with Crippen molar-refractivity contribution in [1.29, 1.82) is 0 Å². The highest BCUT2D eigenvalue weighted by molar-refractivity contribution is 5.74. The number of carbonyl (C=O) groups is 2. The van der Waals surface area contributed by atoms with E-state index in [0.717, 1.165) is 29.0 Å². The average Bonchev–Trinajstić information content (AvgIpc) is 3.31. The van der Waals surface area contributed by atoms with E-state index in [-0.39, 0.29) is 5.92 Å². The minimum absolute atomic E-state index is 0.115. The molecule has 0 spiro atoms. The Morgan fingerprint density at radius 2 is 1.40 bits per heavy atom. The van der Waals surface area contributed by atoms with Crippen molar-refractivity contribution < 1.29 is 23.8 Å². The lowest BCUT2D eigenvalue weighted by atomic mass is 10.0. The van der Waals surface area contributed by atoms with Crippen LogP contribution in [-0.4, -0.2) is 28.0 Å². The highest BCUT2D eigenvalue weighted by atomic mass is 16.6. The van der Waals surface area contributed by atoms with Gasteiger partial charge in [-0.1, -0.05) is 56.3 Å². The first kappa shape index (κ1) is 30.8. The van der Waals surface area contributed by atoms with E-state index >= 15 is 0 Å². The van der Waals surface area contributed by atoms with E-state index in [1.807, 2.05) is 108 Å². The van der Waals surface area contributed by atoms with Crippen molar-refractivity contribution in [3.8, 4) is 5.75 Å². The Morgan fingerprint density at radius 1 is 0.800 bits per heavy atom. The fourth-order valence-corrected chi connectivity index (χ4v) is 4.23. The Hall–Kier alpha value is -3.74. The van der Waals surface area contributed by atoms with Crippen LogP contribution in [0, 0.1) is 0 Å². The first-order valence-electron chi connectivity index (χ1n) is 14.0. The number of amides is 1. The Morgan fingerprint density at radius 3 is 1.98 bits per heavy atom. The van der Waals surface area contributed by atoms with Gasteiger partial charge in [0, 0.05) is 5.69 Å². The second kappa shape index (κ2) is 13.1. The van der Waals surface area contributed by atoms with Gasteiger partial charge in [0.25, 0.3) is 0 Å². The number of aromatic nitrogens is 1. The molecule has 1 amide bonds. The molecule has 216 valence electrons. The van der Waals surface area contributed by atoms with E-state index in [4.69, 9.17) is 14.2 Å². The zero-order valence-electron chi connectivity index (χ0n) is 25.1. The molecule has 0 bridgehead atoms. The van der Waals surface area contributed by atoms with Gasteiger partial charge in [0.1, 0.15) is 23.6 Å². The fourth-order valence-electron chi connectivity index (χ4n) is 4.23. The zero-order chi connectivity index (χ0) is 29.5. The summed E-state index contributed by atoms with van der Waals surface area (Å²) in [7, 11) is 0. The molecule has 1 heterocycles. The number of hydrogen-bond donors (Lipinski definition) is 1. The maximum atomic E-state index is 13.5. The molecule has 0 aliphatic heterocycles. The van der Waals surface area contributed by atoms with Crippen LogP contribution >= 0.6 is 0 Å². The number of nitrogens with one attached hydrogen (secondary N) is 1. The minimum atomic E-state index is -0.672. The molecule has 7 heteroatoms. The molecule has 0 fully saturated rings. The molecule has 0 radical (unpaired) electrons. The Balaban J connectivity index is 1.92. The monoisotopic (exact) mass is 548 g/mol. The maximum Gasteiger partial charge on any atom is 0.419 e. The van der Waals surface area contributed by atoms with Crippen molar-refractivity contribution in [2.75, 3.05) is 0 Å². The first-order chi connectivity index (χ1) is 18.8. The molecular weight excluding hydrogens is 504 g/mol. The van der Waals surface area contributed by atoms with Gasteiger partial charge < -0.3 is 19.5 Å². The van der Waals surface area contributed by atoms with E-state index in [9.17, 15) is 9.59 Å². The number of alkyl carbamates (subject to hydrolysis) is 1. The number of hydrogen-bond acceptors (Lipinski definition) is 5. The van der Waals surface area contributed by atoms with Gasteiger partial charge >= 0.3 is 12.2 Å². The van der Waals surface area contributed by atoms with Crippen molar-refractivity contribution in [1.82, 2.24) is 9.88 Å². The summed E-state index contributed by atoms with van der Waals surface area (Å²) in [6, 6.07) is 21.1. The van der Waals surface area contributed by atoms with Crippen LogP contribution in [-0.2, 0) is 22.5 Å². The number of carbonyl (C=O) groups excluding carboxylic acids is 2. The first-order valence-corrected chi connectivity index (χ1v) is 14.0. The topological polar surface area (TPSA) is 78.8 Å². The molecule has 0 saturated carbocycles. The summed E-state index contributed by atoms with van der Waals surface area (Å²) >= 11 is 0. The standard InChI is InChI=1S/C33H44N2O5/c1-9-23(2)28-19-20-29(35(28)31(37)40-33(6,7)8)27(34-30(36)39-32(3,4)5)21-24-15-17-26(18-16-24)38-22-25-13-11-10-12-14-25/h10-20,23,27H,9,21-22H2,1-8H3,(H,34,36)/t23-,27-/m0/s1. The molecule has 7 nitrogen and oxygen atoms in total. The van der Waals surface area contributed by atoms with Crippen LogP contribution in [0.4, 0.5) is 9.59 Å². The van der Waals surface area contributed by atoms with E-state index in [2.05, 4.69) is 19.2 Å². The van der Waals surface area contributed by atoms with Crippen LogP contribution in [0.2, 0.25) is 0 Å². The van der Waals surface area contributed by atoms with Crippen molar-refractivity contribution in [3.63, 3.8) is 0 Å². The molecule has 2 aromatic carbocycles. The number of rotatable bonds is 9. The molecule has 1 aromatic heterocycles. The summed E-state index contributed by atoms with van der Waals surface area (Å²) in [6.45, 7) is 15.6. The lowest BCUT2D eigenvalue weighted by molar-refractivity contribution is 0.0472. The van der Waals surface area contributed by atoms with Crippen molar-refractivity contribution in [2.45, 2.75) is 98.0 Å². The lowest BCUT2D eigenvalue weighted by Crippen LogP contribution is -2.38. The zero-order valence-corrected chi connectivity index (χ0v) is 25.1. The SMILES string of the molecule is CC[C@H](C)c1ccc([C@H](Cc2ccc(OCc3ccccc3)cc2)NC(=O)OC(C)(C)C)n1C(=O)OC(C)(C)C. The summed E-state index contributed by atoms with van der Waals surface area (Å²) in [4.78, 5) is 26.4. The van der Waals surface area contributed by atoms with Gasteiger partial charge in [-0.2, -0.15) is 0 Å². The van der Waals surface area contributed by atoms with Gasteiger partial charge in [0.2, 0.25) is 0 Å². The van der Waals surface area contributed by atoms with E-state index in [1.165, 1.54) is 0 Å². The summed E-state index contributed by atoms with van der Waals surface area (Å²) in [5, 5.41) is 3.01. The molecule has 0 aliphatic rings. The molecule has 3 rings (SSSR count). The fraction of sp³-hybridized carbons (Fsp3) is 0.455. The summed E-state index contributed by atoms with van der Waals surface area (Å²) in [5.41, 5.74) is 2.20. The molecule has 40 heavy (non-hydrogen) atoms. The predicted octanol–water partition coefficient (Wildman–Crippen LogP) is 8.17. The van der Waals surface area contributed by atoms with Gasteiger partial charge in [-0.15, -0.1) is 0 Å². The lowest BCUT2D eigenvalue weighted by Gasteiger charge is -2.27. The third-order valence-electron chi connectivity index (χ3n) is 6.29. The molecule has 2 atom stereocenters. The second-order valence-corrected chi connectivity index (χ2v) is 12.1. The minimum Gasteiger partial charge on any atom is -0.489 e. The number of ether oxygens (including phenoxy) is 3. The van der Waals surface area contributed by atoms with Crippen LogP contribution in [0.15, 0.2) is 66.7 Å². The normalized spacial score (nSPS) is 13.3. The van der Waals surface area contributed by atoms with Crippen LogP contribution in [0.3, 0.4) is 0 Å². The van der Waals surface area contributed by atoms with Gasteiger partial charge in [-0.3, -0.25) is 4.57 Å². The molecule has 0 saturated heterocycles. The van der Waals surface area contributed by atoms with E-state index < -0.39 is 29.4 Å². The number of nitrogens with zero attached hydrogens (tertiary/aromatic N) is 1. The highest BCUT2D eigenvalue weighted by Gasteiger charge is 2.29.